The summed E-state index contributed by atoms with van der Waals surface area (Å²) in [4.78, 5) is 12.0. The fourth-order valence-electron chi connectivity index (χ4n) is 2.60. The summed E-state index contributed by atoms with van der Waals surface area (Å²) in [5, 5.41) is 21.7. The molecule has 1 fully saturated rings. The van der Waals surface area contributed by atoms with Gasteiger partial charge in [0.15, 0.2) is 0 Å². The number of nitrogens with zero attached hydrogens (tertiary/aromatic N) is 1. The van der Waals surface area contributed by atoms with E-state index < -0.39 is 5.97 Å². The van der Waals surface area contributed by atoms with Gasteiger partial charge in [0, 0.05) is 10.9 Å². The maximum absolute atomic E-state index is 11.0. The second-order valence-corrected chi connectivity index (χ2v) is 6.22. The Bertz CT molecular complexity index is 539. The molecule has 2 N–H and O–H groups in total. The molecular formula is C15H18N2O2S. The molecule has 0 saturated heterocycles. The minimum Gasteiger partial charge on any atom is -0.481 e. The number of hydrogen-bond acceptors (Lipinski definition) is 4. The van der Waals surface area contributed by atoms with E-state index >= 15 is 0 Å². The number of hydrogen-bond donors (Lipinski definition) is 2. The lowest BCUT2D eigenvalue weighted by molar-refractivity contribution is -0.141. The molecule has 1 aliphatic rings. The van der Waals surface area contributed by atoms with Gasteiger partial charge in [-0.1, -0.05) is 13.0 Å². The van der Waals surface area contributed by atoms with Gasteiger partial charge in [0.1, 0.15) is 6.07 Å². The van der Waals surface area contributed by atoms with Gasteiger partial charge < -0.3 is 10.4 Å². The van der Waals surface area contributed by atoms with Crippen molar-refractivity contribution in [2.75, 3.05) is 11.1 Å². The van der Waals surface area contributed by atoms with Gasteiger partial charge in [-0.2, -0.15) is 5.26 Å². The lowest BCUT2D eigenvalue weighted by Gasteiger charge is -2.16. The van der Waals surface area contributed by atoms with Crippen LogP contribution in [0, 0.1) is 17.2 Å². The molecule has 1 saturated carbocycles. The van der Waals surface area contributed by atoms with Gasteiger partial charge in [-0.05, 0) is 37.1 Å². The summed E-state index contributed by atoms with van der Waals surface area (Å²) < 4.78 is 0. The highest BCUT2D eigenvalue weighted by atomic mass is 32.2. The van der Waals surface area contributed by atoms with E-state index in [1.54, 1.807) is 11.8 Å². The lowest BCUT2D eigenvalue weighted by atomic mass is 10.1. The average Bonchev–Trinajstić information content (AvgIpc) is 2.88. The molecule has 0 unspecified atom stereocenters. The van der Waals surface area contributed by atoms with Gasteiger partial charge in [-0.25, -0.2) is 0 Å². The third-order valence-electron chi connectivity index (χ3n) is 3.58. The molecule has 1 aliphatic carbocycles. The van der Waals surface area contributed by atoms with E-state index in [0.717, 1.165) is 22.8 Å². The van der Waals surface area contributed by atoms with Gasteiger partial charge in [0.25, 0.3) is 0 Å². The molecule has 0 heterocycles. The number of anilines is 1. The molecule has 2 atom stereocenters. The van der Waals surface area contributed by atoms with E-state index in [1.165, 1.54) is 0 Å². The van der Waals surface area contributed by atoms with Crippen LogP contribution in [0.15, 0.2) is 23.1 Å². The molecule has 20 heavy (non-hydrogen) atoms. The van der Waals surface area contributed by atoms with Crippen LogP contribution in [0.25, 0.3) is 0 Å². The van der Waals surface area contributed by atoms with Gasteiger partial charge in [-0.15, -0.1) is 11.8 Å². The van der Waals surface area contributed by atoms with E-state index in [-0.39, 0.29) is 12.0 Å². The van der Waals surface area contributed by atoms with Crippen molar-refractivity contribution in [1.29, 1.82) is 5.26 Å². The molecule has 0 spiro atoms. The maximum atomic E-state index is 11.0. The minimum atomic E-state index is -0.718. The smallest absolute Gasteiger partial charge is 0.306 e. The van der Waals surface area contributed by atoms with E-state index in [0.29, 0.717) is 18.4 Å². The Morgan fingerprint density at radius 3 is 2.95 bits per heavy atom. The topological polar surface area (TPSA) is 73.1 Å². The fraction of sp³-hybridized carbons (Fsp3) is 0.467. The SMILES string of the molecule is CCSc1cccc(N[C@H]2CC[C@@H](C(=O)O)C2)c1C#N. The highest BCUT2D eigenvalue weighted by molar-refractivity contribution is 7.99. The van der Waals surface area contributed by atoms with Crippen LogP contribution in [0.3, 0.4) is 0 Å². The number of nitriles is 1. The molecule has 4 nitrogen and oxygen atoms in total. The number of nitrogens with one attached hydrogen (secondary N) is 1. The van der Waals surface area contributed by atoms with Gasteiger partial charge in [0.05, 0.1) is 17.2 Å². The van der Waals surface area contributed by atoms with Gasteiger partial charge >= 0.3 is 5.97 Å². The van der Waals surface area contributed by atoms with Crippen LogP contribution in [0.1, 0.15) is 31.7 Å². The quantitative estimate of drug-likeness (QED) is 0.814. The standard InChI is InChI=1S/C15H18N2O2S/c1-2-20-14-5-3-4-13(12(14)9-16)17-11-7-6-10(8-11)15(18)19/h3-5,10-11,17H,2,6-8H2,1H3,(H,18,19)/t10-,11+/m1/s1. The molecule has 0 amide bonds. The average molecular weight is 290 g/mol. The van der Waals surface area contributed by atoms with E-state index in [1.807, 2.05) is 18.2 Å². The van der Waals surface area contributed by atoms with Crippen LogP contribution < -0.4 is 5.32 Å². The van der Waals surface area contributed by atoms with E-state index in [4.69, 9.17) is 5.11 Å². The molecule has 1 aromatic carbocycles. The third-order valence-corrected chi connectivity index (χ3v) is 4.52. The molecule has 106 valence electrons. The summed E-state index contributed by atoms with van der Waals surface area (Å²) in [6, 6.07) is 8.18. The minimum absolute atomic E-state index is 0.144. The van der Waals surface area contributed by atoms with E-state index in [9.17, 15) is 10.1 Å². The van der Waals surface area contributed by atoms with Crippen molar-refractivity contribution in [2.45, 2.75) is 37.1 Å². The van der Waals surface area contributed by atoms with Gasteiger partial charge in [0.2, 0.25) is 0 Å². The highest BCUT2D eigenvalue weighted by Crippen LogP contribution is 2.32. The molecule has 0 radical (unpaired) electrons. The molecule has 0 bridgehead atoms. The van der Waals surface area contributed by atoms with Crippen molar-refractivity contribution in [1.82, 2.24) is 0 Å². The first kappa shape index (κ1) is 14.7. The summed E-state index contributed by atoms with van der Waals surface area (Å²) in [6.45, 7) is 2.06. The number of thioether (sulfide) groups is 1. The maximum Gasteiger partial charge on any atom is 0.306 e. The zero-order chi connectivity index (χ0) is 14.5. The normalized spacial score (nSPS) is 21.4. The molecule has 0 aliphatic heterocycles. The highest BCUT2D eigenvalue weighted by Gasteiger charge is 2.30. The molecule has 0 aromatic heterocycles. The Balaban J connectivity index is 2.12. The lowest BCUT2D eigenvalue weighted by Crippen LogP contribution is -2.18. The number of carboxylic acid groups (broad SMARTS) is 1. The number of aliphatic carboxylic acids is 1. The summed E-state index contributed by atoms with van der Waals surface area (Å²) in [6.07, 6.45) is 2.18. The van der Waals surface area contributed by atoms with Crippen LogP contribution in [0.2, 0.25) is 0 Å². The molecular weight excluding hydrogens is 272 g/mol. The van der Waals surface area contributed by atoms with Crippen LogP contribution in [0.4, 0.5) is 5.69 Å². The van der Waals surface area contributed by atoms with Crippen molar-refractivity contribution in [3.63, 3.8) is 0 Å². The fourth-order valence-corrected chi connectivity index (χ4v) is 3.39. The Morgan fingerprint density at radius 2 is 2.35 bits per heavy atom. The zero-order valence-electron chi connectivity index (χ0n) is 11.4. The Morgan fingerprint density at radius 1 is 1.55 bits per heavy atom. The number of carboxylic acids is 1. The second-order valence-electron chi connectivity index (χ2n) is 4.91. The predicted octanol–water partition coefficient (Wildman–Crippen LogP) is 3.34. The predicted molar refractivity (Wildman–Crippen MR) is 79.9 cm³/mol. The Labute approximate surface area is 123 Å². The van der Waals surface area contributed by atoms with Gasteiger partial charge in [-0.3, -0.25) is 4.79 Å². The Kier molecular flexibility index (Phi) is 4.91. The first-order chi connectivity index (χ1) is 9.65. The first-order valence-electron chi connectivity index (χ1n) is 6.81. The van der Waals surface area contributed by atoms with Crippen molar-refractivity contribution in [3.8, 4) is 6.07 Å². The van der Waals surface area contributed by atoms with Crippen LogP contribution in [0.5, 0.6) is 0 Å². The van der Waals surface area contributed by atoms with E-state index in [2.05, 4.69) is 18.3 Å². The van der Waals surface area contributed by atoms with Crippen LogP contribution >= 0.6 is 11.8 Å². The number of rotatable bonds is 5. The third kappa shape index (κ3) is 3.26. The summed E-state index contributed by atoms with van der Waals surface area (Å²) in [5.74, 6) is -0.0563. The van der Waals surface area contributed by atoms with Crippen molar-refractivity contribution in [3.05, 3.63) is 23.8 Å². The summed E-state index contributed by atoms with van der Waals surface area (Å²) in [7, 11) is 0. The largest absolute Gasteiger partial charge is 0.481 e. The molecule has 1 aromatic rings. The zero-order valence-corrected chi connectivity index (χ0v) is 12.2. The molecule has 2 rings (SSSR count). The number of carbonyl (C=O) groups is 1. The summed E-state index contributed by atoms with van der Waals surface area (Å²) >= 11 is 1.65. The summed E-state index contributed by atoms with van der Waals surface area (Å²) in [5.41, 5.74) is 1.49. The van der Waals surface area contributed by atoms with Crippen molar-refractivity contribution < 1.29 is 9.90 Å². The van der Waals surface area contributed by atoms with Crippen LogP contribution in [-0.2, 0) is 4.79 Å². The van der Waals surface area contributed by atoms with Crippen molar-refractivity contribution in [2.24, 2.45) is 5.92 Å². The second kappa shape index (κ2) is 6.67. The number of benzene rings is 1. The Hall–Kier alpha value is -1.67. The van der Waals surface area contributed by atoms with Crippen molar-refractivity contribution >= 4 is 23.4 Å². The van der Waals surface area contributed by atoms with Crippen LogP contribution in [-0.4, -0.2) is 22.9 Å². The first-order valence-corrected chi connectivity index (χ1v) is 7.79. The molecule has 5 heteroatoms. The monoisotopic (exact) mass is 290 g/mol.